The zero-order chi connectivity index (χ0) is 26.5. The molecule has 1 aliphatic heterocycles. The first-order chi connectivity index (χ1) is 17.5. The lowest BCUT2D eigenvalue weighted by atomic mass is 10.0. The molecule has 5 rings (SSSR count). The lowest BCUT2D eigenvalue weighted by molar-refractivity contribution is -0.119. The number of carbonyl (C=O) groups is 1. The molecule has 11 heteroatoms. The van der Waals surface area contributed by atoms with Crippen LogP contribution in [0.5, 0.6) is 0 Å². The molecule has 0 atom stereocenters. The molecule has 0 saturated heterocycles. The lowest BCUT2D eigenvalue weighted by Gasteiger charge is -2.29. The molecule has 0 aliphatic carbocycles. The molecular formula is C26H27N5O4S2. The van der Waals surface area contributed by atoms with Gasteiger partial charge in [0, 0.05) is 33.7 Å². The zero-order valence-corrected chi connectivity index (χ0v) is 22.9. The van der Waals surface area contributed by atoms with E-state index in [4.69, 9.17) is 4.52 Å². The number of hydrogen-bond donors (Lipinski definition) is 1. The van der Waals surface area contributed by atoms with Crippen LogP contribution >= 0.6 is 11.3 Å². The molecule has 0 radical (unpaired) electrons. The van der Waals surface area contributed by atoms with Crippen LogP contribution in [0, 0.1) is 34.6 Å². The fraction of sp³-hybridized carbons (Fsp3) is 0.308. The Labute approximate surface area is 219 Å². The highest BCUT2D eigenvalue weighted by molar-refractivity contribution is 7.94. The normalized spacial score (nSPS) is 13.6. The number of fused-ring (bicyclic) bond motifs is 1. The predicted molar refractivity (Wildman–Crippen MR) is 142 cm³/mol. The fourth-order valence-corrected chi connectivity index (χ4v) is 7.15. The molecule has 9 nitrogen and oxygen atoms in total. The van der Waals surface area contributed by atoms with Crippen LogP contribution in [0.1, 0.15) is 45.3 Å². The number of benzene rings is 1. The van der Waals surface area contributed by atoms with Crippen LogP contribution in [0.3, 0.4) is 0 Å². The number of hydrogen-bond acceptors (Lipinski definition) is 8. The number of nitrogens with zero attached hydrogens (tertiary/aromatic N) is 4. The first-order valence-electron chi connectivity index (χ1n) is 11.8. The number of thiophene rings is 1. The van der Waals surface area contributed by atoms with Gasteiger partial charge in [-0.2, -0.15) is 0 Å². The number of sulfonamides is 1. The highest BCUT2D eigenvalue weighted by atomic mass is 32.2. The van der Waals surface area contributed by atoms with Crippen molar-refractivity contribution in [3.05, 3.63) is 69.2 Å². The molecule has 1 aliphatic rings. The maximum atomic E-state index is 13.3. The van der Waals surface area contributed by atoms with Gasteiger partial charge in [0.15, 0.2) is 5.82 Å². The largest absolute Gasteiger partial charge is 0.359 e. The second-order valence-electron chi connectivity index (χ2n) is 9.21. The second kappa shape index (κ2) is 9.38. The van der Waals surface area contributed by atoms with Crippen molar-refractivity contribution in [2.45, 2.75) is 58.2 Å². The van der Waals surface area contributed by atoms with Crippen LogP contribution in [-0.2, 0) is 27.8 Å². The SMILES string of the molecule is Cc1nc(C)c2c(n1)N(Cc1ccc(-c3cc(C)sc3S(=O)(=O)Nc3noc(C)c3C)cc1)C(=O)CC2. The Morgan fingerprint density at radius 2 is 1.78 bits per heavy atom. The standard InChI is InChI=1S/C26H27N5O4S2/c1-14-12-22(26(36-14)37(33,34)30-24-15(2)17(4)35-29-24)20-8-6-19(7-9-20)13-31-23(32)11-10-21-16(3)27-18(5)28-25(21)31/h6-9,12H,10-11,13H2,1-5H3,(H,29,30). The third-order valence-corrected chi connectivity index (χ3v) is 9.43. The number of rotatable bonds is 6. The minimum absolute atomic E-state index is 0.0281. The summed E-state index contributed by atoms with van der Waals surface area (Å²) in [6, 6.07) is 9.46. The van der Waals surface area contributed by atoms with Crippen molar-refractivity contribution >= 4 is 38.9 Å². The van der Waals surface area contributed by atoms with Gasteiger partial charge in [-0.05, 0) is 58.2 Å². The van der Waals surface area contributed by atoms with E-state index in [1.807, 2.05) is 51.1 Å². The smallest absolute Gasteiger partial charge is 0.273 e. The van der Waals surface area contributed by atoms with Crippen molar-refractivity contribution in [3.8, 4) is 11.1 Å². The van der Waals surface area contributed by atoms with Gasteiger partial charge in [-0.1, -0.05) is 29.4 Å². The average Bonchev–Trinajstić information content (AvgIpc) is 3.39. The molecule has 4 aromatic rings. The van der Waals surface area contributed by atoms with Crippen LogP contribution in [0.4, 0.5) is 11.6 Å². The molecule has 4 heterocycles. The Bertz CT molecular complexity index is 1620. The fourth-order valence-electron chi connectivity index (χ4n) is 4.43. The third-order valence-electron chi connectivity index (χ3n) is 6.51. The van der Waals surface area contributed by atoms with Gasteiger partial charge in [-0.25, -0.2) is 18.4 Å². The summed E-state index contributed by atoms with van der Waals surface area (Å²) in [4.78, 5) is 24.4. The number of aromatic nitrogens is 3. The van der Waals surface area contributed by atoms with E-state index < -0.39 is 10.0 Å². The van der Waals surface area contributed by atoms with Crippen LogP contribution in [0.15, 0.2) is 39.1 Å². The Hall–Kier alpha value is -3.57. The third kappa shape index (κ3) is 4.76. The Balaban J connectivity index is 1.43. The van der Waals surface area contributed by atoms with Crippen molar-refractivity contribution in [2.75, 3.05) is 9.62 Å². The zero-order valence-electron chi connectivity index (χ0n) is 21.2. The minimum Gasteiger partial charge on any atom is -0.359 e. The van der Waals surface area contributed by atoms with Gasteiger partial charge >= 0.3 is 0 Å². The maximum Gasteiger partial charge on any atom is 0.273 e. The van der Waals surface area contributed by atoms with Crippen LogP contribution in [-0.4, -0.2) is 29.4 Å². The Morgan fingerprint density at radius 3 is 2.46 bits per heavy atom. The molecule has 3 aromatic heterocycles. The number of anilines is 2. The predicted octanol–water partition coefficient (Wildman–Crippen LogP) is 5.02. The monoisotopic (exact) mass is 537 g/mol. The second-order valence-corrected chi connectivity index (χ2v) is 12.3. The van der Waals surface area contributed by atoms with Gasteiger partial charge in [-0.3, -0.25) is 14.4 Å². The summed E-state index contributed by atoms with van der Waals surface area (Å²) >= 11 is 1.20. The summed E-state index contributed by atoms with van der Waals surface area (Å²) in [6.45, 7) is 9.51. The average molecular weight is 538 g/mol. The van der Waals surface area contributed by atoms with Crippen LogP contribution < -0.4 is 9.62 Å². The molecule has 1 amide bonds. The van der Waals surface area contributed by atoms with Crippen molar-refractivity contribution in [3.63, 3.8) is 0 Å². The van der Waals surface area contributed by atoms with Crippen LogP contribution in [0.25, 0.3) is 11.1 Å². The summed E-state index contributed by atoms with van der Waals surface area (Å²) in [5.41, 5.74) is 4.85. The van der Waals surface area contributed by atoms with Gasteiger partial charge in [-0.15, -0.1) is 11.3 Å². The van der Waals surface area contributed by atoms with Gasteiger partial charge in [0.05, 0.1) is 6.54 Å². The van der Waals surface area contributed by atoms with E-state index in [-0.39, 0.29) is 15.9 Å². The van der Waals surface area contributed by atoms with Gasteiger partial charge < -0.3 is 4.52 Å². The van der Waals surface area contributed by atoms with Gasteiger partial charge in [0.2, 0.25) is 5.91 Å². The molecule has 37 heavy (non-hydrogen) atoms. The summed E-state index contributed by atoms with van der Waals surface area (Å²) in [7, 11) is -3.88. The highest BCUT2D eigenvalue weighted by Crippen LogP contribution is 2.37. The van der Waals surface area contributed by atoms with Gasteiger partial charge in [0.1, 0.15) is 21.6 Å². The first kappa shape index (κ1) is 25.1. The van der Waals surface area contributed by atoms with E-state index in [9.17, 15) is 13.2 Å². The molecular weight excluding hydrogens is 510 g/mol. The van der Waals surface area contributed by atoms with Crippen molar-refractivity contribution in [2.24, 2.45) is 0 Å². The van der Waals surface area contributed by atoms with E-state index in [0.717, 1.165) is 27.3 Å². The quantitative estimate of drug-likeness (QED) is 0.367. The van der Waals surface area contributed by atoms with Crippen molar-refractivity contribution in [1.29, 1.82) is 0 Å². The van der Waals surface area contributed by atoms with E-state index in [1.165, 1.54) is 11.3 Å². The number of carbonyl (C=O) groups excluding carboxylic acids is 1. The van der Waals surface area contributed by atoms with Crippen LogP contribution in [0.2, 0.25) is 0 Å². The molecule has 0 unspecified atom stereocenters. The number of aryl methyl sites for hydroxylation is 4. The lowest BCUT2D eigenvalue weighted by Crippen LogP contribution is -2.36. The topological polar surface area (TPSA) is 118 Å². The maximum absolute atomic E-state index is 13.3. The molecule has 0 fully saturated rings. The minimum atomic E-state index is -3.88. The molecule has 1 N–H and O–H groups in total. The summed E-state index contributed by atoms with van der Waals surface area (Å²) in [6.07, 6.45) is 1.07. The van der Waals surface area contributed by atoms with E-state index in [0.29, 0.717) is 47.9 Å². The van der Waals surface area contributed by atoms with Crippen molar-refractivity contribution < 1.29 is 17.7 Å². The van der Waals surface area contributed by atoms with E-state index in [2.05, 4.69) is 19.8 Å². The van der Waals surface area contributed by atoms with E-state index >= 15 is 0 Å². The summed E-state index contributed by atoms with van der Waals surface area (Å²) < 4.78 is 34.4. The number of nitrogens with one attached hydrogen (secondary N) is 1. The number of amides is 1. The molecule has 1 aromatic carbocycles. The van der Waals surface area contributed by atoms with Crippen molar-refractivity contribution in [1.82, 2.24) is 15.1 Å². The summed E-state index contributed by atoms with van der Waals surface area (Å²) in [5.74, 6) is 2.09. The highest BCUT2D eigenvalue weighted by Gasteiger charge is 2.28. The Kier molecular flexibility index (Phi) is 6.36. The van der Waals surface area contributed by atoms with E-state index in [1.54, 1.807) is 18.7 Å². The molecule has 0 spiro atoms. The Morgan fingerprint density at radius 1 is 1.05 bits per heavy atom. The van der Waals surface area contributed by atoms with Gasteiger partial charge in [0.25, 0.3) is 10.0 Å². The molecule has 192 valence electrons. The summed E-state index contributed by atoms with van der Waals surface area (Å²) in [5, 5.41) is 3.83. The first-order valence-corrected chi connectivity index (χ1v) is 14.1. The molecule has 0 saturated carbocycles. The molecule has 0 bridgehead atoms.